The minimum absolute atomic E-state index is 0. The molecule has 3 rings (SSSR count). The quantitative estimate of drug-likeness (QED) is 0.745. The Morgan fingerprint density at radius 1 is 1.07 bits per heavy atom. The number of nitrogens with one attached hydrogen (secondary N) is 1. The number of nitrogens with zero attached hydrogens (tertiary/aromatic N) is 1. The molecule has 154 valence electrons. The molecular formula is C20H25ClF2N2O3. The first-order chi connectivity index (χ1) is 13.1. The highest BCUT2D eigenvalue weighted by Gasteiger charge is 2.26. The predicted molar refractivity (Wildman–Crippen MR) is 106 cm³/mol. The summed E-state index contributed by atoms with van der Waals surface area (Å²) in [5.74, 6) is 1.20. The van der Waals surface area contributed by atoms with Crippen LogP contribution < -0.4 is 19.5 Å². The highest BCUT2D eigenvalue weighted by molar-refractivity contribution is 5.85. The highest BCUT2D eigenvalue weighted by Crippen LogP contribution is 2.33. The van der Waals surface area contributed by atoms with Gasteiger partial charge < -0.3 is 19.5 Å². The number of rotatable bonds is 7. The van der Waals surface area contributed by atoms with Gasteiger partial charge in [-0.2, -0.15) is 8.78 Å². The van der Waals surface area contributed by atoms with Crippen molar-refractivity contribution in [1.29, 1.82) is 0 Å². The summed E-state index contributed by atoms with van der Waals surface area (Å²) in [7, 11) is 3.12. The third kappa shape index (κ3) is 5.25. The van der Waals surface area contributed by atoms with E-state index < -0.39 is 6.61 Å². The van der Waals surface area contributed by atoms with Crippen LogP contribution in [-0.2, 0) is 6.54 Å². The van der Waals surface area contributed by atoms with Gasteiger partial charge in [0.25, 0.3) is 0 Å². The van der Waals surface area contributed by atoms with Gasteiger partial charge in [-0.25, -0.2) is 0 Å². The Bertz CT molecular complexity index is 764. The van der Waals surface area contributed by atoms with Gasteiger partial charge in [0.05, 0.1) is 20.3 Å². The zero-order valence-corrected chi connectivity index (χ0v) is 16.7. The van der Waals surface area contributed by atoms with E-state index in [-0.39, 0.29) is 24.2 Å². The number of alkyl halides is 2. The van der Waals surface area contributed by atoms with Gasteiger partial charge in [-0.05, 0) is 23.8 Å². The number of piperazine rings is 1. The molecule has 8 heteroatoms. The molecule has 2 aromatic rings. The van der Waals surface area contributed by atoms with Gasteiger partial charge in [0.15, 0.2) is 11.5 Å². The Kier molecular flexibility index (Phi) is 8.29. The zero-order chi connectivity index (χ0) is 19.2. The van der Waals surface area contributed by atoms with Gasteiger partial charge in [-0.1, -0.05) is 24.3 Å². The molecule has 0 aliphatic carbocycles. The summed E-state index contributed by atoms with van der Waals surface area (Å²) < 4.78 is 40.3. The molecule has 1 fully saturated rings. The molecule has 5 nitrogen and oxygen atoms in total. The Balaban J connectivity index is 0.00000280. The number of ether oxygens (including phenoxy) is 3. The molecule has 1 aliphatic heterocycles. The Hall–Kier alpha value is -2.09. The second-order valence-electron chi connectivity index (χ2n) is 6.30. The Morgan fingerprint density at radius 2 is 1.82 bits per heavy atom. The maximum atomic E-state index is 12.5. The predicted octanol–water partition coefficient (Wildman–Crippen LogP) is 3.87. The molecule has 1 atom stereocenters. The van der Waals surface area contributed by atoms with E-state index in [9.17, 15) is 8.78 Å². The molecular weight excluding hydrogens is 390 g/mol. The van der Waals surface area contributed by atoms with Crippen LogP contribution in [0.3, 0.4) is 0 Å². The molecule has 1 saturated heterocycles. The summed E-state index contributed by atoms with van der Waals surface area (Å²) in [4.78, 5) is 2.34. The van der Waals surface area contributed by atoms with Crippen LogP contribution in [0.5, 0.6) is 17.2 Å². The molecule has 0 saturated carbocycles. The van der Waals surface area contributed by atoms with E-state index in [0.29, 0.717) is 12.3 Å². The monoisotopic (exact) mass is 414 g/mol. The van der Waals surface area contributed by atoms with E-state index in [2.05, 4.69) is 21.0 Å². The van der Waals surface area contributed by atoms with E-state index in [4.69, 9.17) is 9.47 Å². The lowest BCUT2D eigenvalue weighted by atomic mass is 10.0. The van der Waals surface area contributed by atoms with Crippen LogP contribution in [0.15, 0.2) is 42.5 Å². The highest BCUT2D eigenvalue weighted by atomic mass is 35.5. The molecule has 2 aromatic carbocycles. The number of hydrogen-bond acceptors (Lipinski definition) is 5. The average Bonchev–Trinajstić information content (AvgIpc) is 2.69. The first-order valence-corrected chi connectivity index (χ1v) is 8.81. The SMILES string of the molecule is COc1cc(CN2CCNCC2c2ccccc2OC)ccc1OC(F)F.Cl. The molecule has 1 unspecified atom stereocenters. The van der Waals surface area contributed by atoms with Gasteiger partial charge >= 0.3 is 6.61 Å². The topological polar surface area (TPSA) is 43.0 Å². The van der Waals surface area contributed by atoms with Crippen LogP contribution in [0.4, 0.5) is 8.78 Å². The number of methoxy groups -OCH3 is 2. The van der Waals surface area contributed by atoms with Gasteiger partial charge in [0, 0.05) is 31.7 Å². The standard InChI is InChI=1S/C20H24F2N2O3.ClH/c1-25-17-6-4-3-5-15(17)16-12-23-9-10-24(16)13-14-7-8-18(27-20(21)22)19(11-14)26-2;/h3-8,11,16,20,23H,9-10,12-13H2,1-2H3;1H. The second-order valence-corrected chi connectivity index (χ2v) is 6.30. The van der Waals surface area contributed by atoms with Crippen LogP contribution in [0.25, 0.3) is 0 Å². The van der Waals surface area contributed by atoms with Crippen molar-refractivity contribution < 1.29 is 23.0 Å². The summed E-state index contributed by atoms with van der Waals surface area (Å²) in [6.07, 6.45) is 0. The van der Waals surface area contributed by atoms with E-state index in [1.54, 1.807) is 19.2 Å². The third-order valence-electron chi connectivity index (χ3n) is 4.68. The fourth-order valence-electron chi connectivity index (χ4n) is 3.42. The average molecular weight is 415 g/mol. The lowest BCUT2D eigenvalue weighted by Crippen LogP contribution is -2.45. The lowest BCUT2D eigenvalue weighted by Gasteiger charge is -2.37. The minimum Gasteiger partial charge on any atom is -0.496 e. The van der Waals surface area contributed by atoms with Crippen LogP contribution >= 0.6 is 12.4 Å². The van der Waals surface area contributed by atoms with Crippen LogP contribution in [-0.4, -0.2) is 45.4 Å². The molecule has 0 amide bonds. The van der Waals surface area contributed by atoms with E-state index >= 15 is 0 Å². The number of benzene rings is 2. The van der Waals surface area contributed by atoms with Crippen molar-refractivity contribution in [3.63, 3.8) is 0 Å². The van der Waals surface area contributed by atoms with E-state index in [1.807, 2.05) is 18.2 Å². The van der Waals surface area contributed by atoms with Gasteiger partial charge in [0.2, 0.25) is 0 Å². The summed E-state index contributed by atoms with van der Waals surface area (Å²) >= 11 is 0. The Labute approximate surface area is 170 Å². The van der Waals surface area contributed by atoms with Crippen molar-refractivity contribution in [1.82, 2.24) is 10.2 Å². The maximum absolute atomic E-state index is 12.5. The first-order valence-electron chi connectivity index (χ1n) is 8.81. The molecule has 0 aromatic heterocycles. The van der Waals surface area contributed by atoms with Crippen molar-refractivity contribution in [2.24, 2.45) is 0 Å². The fourth-order valence-corrected chi connectivity index (χ4v) is 3.42. The van der Waals surface area contributed by atoms with Crippen LogP contribution in [0.1, 0.15) is 17.2 Å². The van der Waals surface area contributed by atoms with Crippen molar-refractivity contribution in [2.75, 3.05) is 33.9 Å². The number of para-hydroxylation sites is 1. The summed E-state index contributed by atoms with van der Waals surface area (Å²) in [6, 6.07) is 13.2. The minimum atomic E-state index is -2.88. The Morgan fingerprint density at radius 3 is 2.54 bits per heavy atom. The molecule has 1 heterocycles. The third-order valence-corrected chi connectivity index (χ3v) is 4.68. The maximum Gasteiger partial charge on any atom is 0.387 e. The van der Waals surface area contributed by atoms with Crippen LogP contribution in [0, 0.1) is 0 Å². The van der Waals surface area contributed by atoms with E-state index in [0.717, 1.165) is 36.5 Å². The first kappa shape index (κ1) is 22.2. The fraction of sp³-hybridized carbons (Fsp3) is 0.400. The van der Waals surface area contributed by atoms with Crippen LogP contribution in [0.2, 0.25) is 0 Å². The van der Waals surface area contributed by atoms with Gasteiger partial charge in [0.1, 0.15) is 5.75 Å². The molecule has 28 heavy (non-hydrogen) atoms. The van der Waals surface area contributed by atoms with E-state index in [1.165, 1.54) is 13.2 Å². The molecule has 1 N–H and O–H groups in total. The number of hydrogen-bond donors (Lipinski definition) is 1. The molecule has 0 bridgehead atoms. The molecule has 0 radical (unpaired) electrons. The second kappa shape index (κ2) is 10.5. The molecule has 1 aliphatic rings. The number of halogens is 3. The summed E-state index contributed by atoms with van der Waals surface area (Å²) in [5, 5.41) is 3.43. The van der Waals surface area contributed by atoms with Crippen molar-refractivity contribution in [3.8, 4) is 17.2 Å². The van der Waals surface area contributed by atoms with Gasteiger partial charge in [-0.15, -0.1) is 12.4 Å². The summed E-state index contributed by atoms with van der Waals surface area (Å²) in [5.41, 5.74) is 2.09. The van der Waals surface area contributed by atoms with Crippen molar-refractivity contribution >= 4 is 12.4 Å². The lowest BCUT2D eigenvalue weighted by molar-refractivity contribution is -0.0512. The zero-order valence-electron chi connectivity index (χ0n) is 15.9. The largest absolute Gasteiger partial charge is 0.496 e. The van der Waals surface area contributed by atoms with Crippen molar-refractivity contribution in [3.05, 3.63) is 53.6 Å². The smallest absolute Gasteiger partial charge is 0.387 e. The van der Waals surface area contributed by atoms with Crippen molar-refractivity contribution in [2.45, 2.75) is 19.2 Å². The molecule has 0 spiro atoms. The normalized spacial score (nSPS) is 17.1. The van der Waals surface area contributed by atoms with Gasteiger partial charge in [-0.3, -0.25) is 4.90 Å². The summed E-state index contributed by atoms with van der Waals surface area (Å²) in [6.45, 7) is 0.336.